The molecule has 6 atom stereocenters. The number of carbonyl (C=O) groups is 1. The van der Waals surface area contributed by atoms with Crippen molar-refractivity contribution in [3.63, 3.8) is 0 Å². The minimum Gasteiger partial charge on any atom is -0.353 e. The van der Waals surface area contributed by atoms with Crippen LogP contribution in [-0.2, 0) is 4.79 Å². The molecule has 0 spiro atoms. The Morgan fingerprint density at radius 3 is 2.78 bits per heavy atom. The van der Waals surface area contributed by atoms with E-state index < -0.39 is 11.6 Å². The molecule has 0 radical (unpaired) electrons. The summed E-state index contributed by atoms with van der Waals surface area (Å²) in [5, 5.41) is 9.82. The molecule has 3 fully saturated rings. The second-order valence-corrected chi connectivity index (χ2v) is 8.14. The van der Waals surface area contributed by atoms with Crippen molar-refractivity contribution >= 4 is 17.5 Å². The fourth-order valence-electron chi connectivity index (χ4n) is 3.63. The van der Waals surface area contributed by atoms with E-state index in [1.807, 2.05) is 0 Å². The van der Waals surface area contributed by atoms with Crippen LogP contribution in [0.25, 0.3) is 0 Å². The Labute approximate surface area is 142 Å². The summed E-state index contributed by atoms with van der Waals surface area (Å²) in [5.41, 5.74) is 4.60. The van der Waals surface area contributed by atoms with E-state index in [2.05, 4.69) is 22.9 Å². The maximum atomic E-state index is 13.6. The van der Waals surface area contributed by atoms with Gasteiger partial charge in [0.25, 0.3) is 5.91 Å². The third kappa shape index (κ3) is 3.98. The summed E-state index contributed by atoms with van der Waals surface area (Å²) in [6, 6.07) is 0. The molecule has 0 aromatic carbocycles. The number of alkyl halides is 2. The lowest BCUT2D eigenvalue weighted by Crippen LogP contribution is -2.66. The van der Waals surface area contributed by atoms with Crippen LogP contribution in [0.1, 0.15) is 39.0 Å². The second-order valence-electron chi connectivity index (χ2n) is 7.58. The van der Waals surface area contributed by atoms with Gasteiger partial charge in [-0.25, -0.2) is 4.39 Å². The minimum atomic E-state index is -1.61. The van der Waals surface area contributed by atoms with Gasteiger partial charge in [-0.2, -0.15) is 0 Å². The van der Waals surface area contributed by atoms with Gasteiger partial charge in [0, 0.05) is 24.4 Å². The molecular weight excluding hydrogens is 319 g/mol. The lowest BCUT2D eigenvalue weighted by molar-refractivity contribution is -0.127. The largest absolute Gasteiger partial charge is 0.353 e. The maximum absolute atomic E-state index is 13.6. The molecule has 3 rings (SSSR count). The zero-order valence-corrected chi connectivity index (χ0v) is 14.4. The molecular formula is C16H28ClFN4O. The van der Waals surface area contributed by atoms with Crippen molar-refractivity contribution in [2.45, 2.75) is 62.4 Å². The van der Waals surface area contributed by atoms with Crippen molar-refractivity contribution < 1.29 is 9.18 Å². The van der Waals surface area contributed by atoms with Gasteiger partial charge >= 0.3 is 0 Å². The Bertz CT molecular complexity index is 448. The highest BCUT2D eigenvalue weighted by Gasteiger charge is 2.50. The van der Waals surface area contributed by atoms with Crippen molar-refractivity contribution in [2.75, 3.05) is 13.1 Å². The molecule has 0 aromatic heterocycles. The lowest BCUT2D eigenvalue weighted by Gasteiger charge is -2.43. The van der Waals surface area contributed by atoms with Gasteiger partial charge in [0.1, 0.15) is 0 Å². The van der Waals surface area contributed by atoms with Gasteiger partial charge in [0.2, 0.25) is 0 Å². The van der Waals surface area contributed by atoms with Crippen LogP contribution in [0.5, 0.6) is 0 Å². The summed E-state index contributed by atoms with van der Waals surface area (Å²) in [7, 11) is 0. The van der Waals surface area contributed by atoms with E-state index in [1.165, 1.54) is 0 Å². The van der Waals surface area contributed by atoms with Gasteiger partial charge in [0.15, 0.2) is 5.67 Å². The van der Waals surface area contributed by atoms with E-state index in [1.54, 1.807) is 0 Å². The highest BCUT2D eigenvalue weighted by molar-refractivity contribution is 6.20. The summed E-state index contributed by atoms with van der Waals surface area (Å²) in [5.74, 6) is 0.629. The van der Waals surface area contributed by atoms with E-state index in [0.717, 1.165) is 25.8 Å². The molecule has 2 saturated carbocycles. The van der Waals surface area contributed by atoms with Gasteiger partial charge in [-0.05, 0) is 43.9 Å². The predicted molar refractivity (Wildman–Crippen MR) is 88.6 cm³/mol. The van der Waals surface area contributed by atoms with Gasteiger partial charge in [-0.3, -0.25) is 10.1 Å². The topological polar surface area (TPSA) is 79.2 Å². The first-order chi connectivity index (χ1) is 10.9. The third-order valence-corrected chi connectivity index (χ3v) is 6.32. The van der Waals surface area contributed by atoms with Crippen LogP contribution < -0.4 is 21.7 Å². The van der Waals surface area contributed by atoms with Crippen LogP contribution in [0.15, 0.2) is 0 Å². The number of amides is 1. The molecule has 1 saturated heterocycles. The average Bonchev–Trinajstić information content (AvgIpc) is 3.27. The summed E-state index contributed by atoms with van der Waals surface area (Å²) in [4.78, 5) is 11.7. The summed E-state index contributed by atoms with van der Waals surface area (Å²) in [6.07, 6.45) is 3.93. The van der Waals surface area contributed by atoms with E-state index in [0.29, 0.717) is 31.2 Å². The van der Waals surface area contributed by atoms with E-state index in [-0.39, 0.29) is 23.6 Å². The van der Waals surface area contributed by atoms with Crippen molar-refractivity contribution in [2.24, 2.45) is 23.5 Å². The van der Waals surface area contributed by atoms with E-state index in [9.17, 15) is 9.18 Å². The molecule has 23 heavy (non-hydrogen) atoms. The molecule has 1 heterocycles. The fourth-order valence-corrected chi connectivity index (χ4v) is 3.98. The normalized spacial score (nSPS) is 43.0. The monoisotopic (exact) mass is 346 g/mol. The molecule has 1 aliphatic heterocycles. The second kappa shape index (κ2) is 6.82. The third-order valence-electron chi connectivity index (χ3n) is 5.71. The number of rotatable bonds is 4. The Balaban J connectivity index is 1.45. The number of halogens is 2. The van der Waals surface area contributed by atoms with Crippen molar-refractivity contribution in [3.05, 3.63) is 0 Å². The average molecular weight is 347 g/mol. The van der Waals surface area contributed by atoms with Crippen LogP contribution >= 0.6 is 11.6 Å². The Morgan fingerprint density at radius 1 is 1.43 bits per heavy atom. The quantitative estimate of drug-likeness (QED) is 0.574. The minimum absolute atomic E-state index is 0.0619. The number of nitrogens with one attached hydrogen (secondary N) is 3. The lowest BCUT2D eigenvalue weighted by atomic mass is 9.80. The Kier molecular flexibility index (Phi) is 5.16. The first-order valence-electron chi connectivity index (χ1n) is 8.75. The summed E-state index contributed by atoms with van der Waals surface area (Å²) < 4.78 is 13.6. The smallest absolute Gasteiger partial charge is 0.257 e. The SMILES string of the molecule is CC1CCC(C2NCC(CNC(=O)C3(F)CC3)C(N)N2)CC1Cl. The molecule has 7 heteroatoms. The highest BCUT2D eigenvalue weighted by Crippen LogP contribution is 2.39. The first kappa shape index (κ1) is 17.4. The molecule has 2 aliphatic carbocycles. The van der Waals surface area contributed by atoms with Crippen molar-refractivity contribution in [3.8, 4) is 0 Å². The predicted octanol–water partition coefficient (Wildman–Crippen LogP) is 1.07. The maximum Gasteiger partial charge on any atom is 0.257 e. The summed E-state index contributed by atoms with van der Waals surface area (Å²) >= 11 is 6.41. The molecule has 1 amide bonds. The molecule has 0 bridgehead atoms. The molecule has 5 N–H and O–H groups in total. The zero-order valence-electron chi connectivity index (χ0n) is 13.7. The van der Waals surface area contributed by atoms with Crippen LogP contribution in [0, 0.1) is 17.8 Å². The van der Waals surface area contributed by atoms with Gasteiger partial charge in [-0.15, -0.1) is 11.6 Å². The van der Waals surface area contributed by atoms with Crippen LogP contribution in [0.4, 0.5) is 4.39 Å². The Hall–Kier alpha value is -0.430. The van der Waals surface area contributed by atoms with Gasteiger partial charge < -0.3 is 16.4 Å². The molecule has 3 aliphatic rings. The molecule has 5 nitrogen and oxygen atoms in total. The van der Waals surface area contributed by atoms with E-state index in [4.69, 9.17) is 17.3 Å². The summed E-state index contributed by atoms with van der Waals surface area (Å²) in [6.45, 7) is 3.33. The van der Waals surface area contributed by atoms with E-state index >= 15 is 0 Å². The fraction of sp³-hybridized carbons (Fsp3) is 0.938. The van der Waals surface area contributed by atoms with Gasteiger partial charge in [0.05, 0.1) is 12.3 Å². The molecule has 6 unspecified atom stereocenters. The van der Waals surface area contributed by atoms with Crippen molar-refractivity contribution in [1.82, 2.24) is 16.0 Å². The number of hydrogen-bond acceptors (Lipinski definition) is 4. The zero-order chi connectivity index (χ0) is 16.6. The highest BCUT2D eigenvalue weighted by atomic mass is 35.5. The number of hydrogen-bond donors (Lipinski definition) is 4. The van der Waals surface area contributed by atoms with Crippen LogP contribution in [0.3, 0.4) is 0 Å². The van der Waals surface area contributed by atoms with Crippen LogP contribution in [0.2, 0.25) is 0 Å². The van der Waals surface area contributed by atoms with Crippen molar-refractivity contribution in [1.29, 1.82) is 0 Å². The van der Waals surface area contributed by atoms with Gasteiger partial charge in [-0.1, -0.05) is 6.92 Å². The standard InChI is InChI=1S/C16H28ClFN4O/c1-9-2-3-10(6-12(9)17)14-20-7-11(13(19)22-14)8-21-15(23)16(18)4-5-16/h9-14,20,22H,2-8,19H2,1H3,(H,21,23). The van der Waals surface area contributed by atoms with Crippen LogP contribution in [-0.4, -0.2) is 42.4 Å². The molecule has 132 valence electrons. The number of carbonyl (C=O) groups excluding carboxylic acids is 1. The number of nitrogens with two attached hydrogens (primary N) is 1. The molecule has 0 aromatic rings. The first-order valence-corrected chi connectivity index (χ1v) is 9.19. The Morgan fingerprint density at radius 2 is 2.17 bits per heavy atom.